The van der Waals surface area contributed by atoms with E-state index in [-0.39, 0.29) is 23.6 Å². The minimum absolute atomic E-state index is 0.0535. The molecule has 49 heavy (non-hydrogen) atoms. The van der Waals surface area contributed by atoms with Crippen LogP contribution in [0.1, 0.15) is 95.5 Å². The maximum atomic E-state index is 13.5. The van der Waals surface area contributed by atoms with Crippen molar-refractivity contribution in [3.8, 4) is 23.0 Å². The zero-order valence-corrected chi connectivity index (χ0v) is 27.7. The summed E-state index contributed by atoms with van der Waals surface area (Å²) in [6.07, 6.45) is 8.06. The molecule has 2 aromatic carbocycles. The van der Waals surface area contributed by atoms with Gasteiger partial charge in [0.2, 0.25) is 0 Å². The van der Waals surface area contributed by atoms with Gasteiger partial charge in [-0.1, -0.05) is 12.1 Å². The number of hydrogen-bond donors (Lipinski definition) is 5. The average Bonchev–Trinajstić information content (AvgIpc) is 3.98. The van der Waals surface area contributed by atoms with Crippen LogP contribution in [0.2, 0.25) is 0 Å². The van der Waals surface area contributed by atoms with Gasteiger partial charge in [-0.25, -0.2) is 0 Å². The Bertz CT molecular complexity index is 1910. The van der Waals surface area contributed by atoms with Gasteiger partial charge in [0.15, 0.2) is 35.2 Å². The van der Waals surface area contributed by atoms with Gasteiger partial charge in [-0.05, 0) is 111 Å². The molecular formula is C40H43N3O6. The fourth-order valence-electron chi connectivity index (χ4n) is 13.4. The van der Waals surface area contributed by atoms with Gasteiger partial charge >= 0.3 is 0 Å². The van der Waals surface area contributed by atoms with Crippen molar-refractivity contribution < 1.29 is 29.9 Å². The summed E-state index contributed by atoms with van der Waals surface area (Å²) in [6.45, 7) is 3.84. The highest BCUT2D eigenvalue weighted by Gasteiger charge is 2.76. The molecule has 6 aliphatic carbocycles. The molecule has 2 saturated carbocycles. The minimum Gasteiger partial charge on any atom is -0.504 e. The van der Waals surface area contributed by atoms with Crippen LogP contribution in [0.15, 0.2) is 24.3 Å². The second-order valence-electron chi connectivity index (χ2n) is 17.8. The first kappa shape index (κ1) is 27.5. The van der Waals surface area contributed by atoms with Crippen LogP contribution in [0.3, 0.4) is 0 Å². The van der Waals surface area contributed by atoms with Crippen LogP contribution in [0.5, 0.6) is 23.0 Å². The number of aliphatic hydroxyl groups is 2. The van der Waals surface area contributed by atoms with Gasteiger partial charge in [0, 0.05) is 49.1 Å². The predicted octanol–water partition coefficient (Wildman–Crippen LogP) is 3.82. The van der Waals surface area contributed by atoms with Crippen molar-refractivity contribution in [2.24, 2.45) is 11.8 Å². The third-order valence-corrected chi connectivity index (χ3v) is 15.7. The van der Waals surface area contributed by atoms with E-state index in [9.17, 15) is 20.4 Å². The van der Waals surface area contributed by atoms with Crippen molar-refractivity contribution in [1.29, 1.82) is 0 Å². The Morgan fingerprint density at radius 1 is 0.673 bits per heavy atom. The Labute approximate surface area is 284 Å². The molecule has 8 atom stereocenters. The van der Waals surface area contributed by atoms with Gasteiger partial charge in [0.25, 0.3) is 0 Å². The molecule has 2 spiro atoms. The van der Waals surface area contributed by atoms with Crippen LogP contribution in [0.25, 0.3) is 0 Å². The molecular weight excluding hydrogens is 618 g/mol. The van der Waals surface area contributed by atoms with Crippen LogP contribution in [-0.2, 0) is 36.5 Å². The molecule has 1 aromatic heterocycles. The number of H-pyrrole nitrogens is 1. The van der Waals surface area contributed by atoms with E-state index in [0.29, 0.717) is 36.2 Å². The second kappa shape index (κ2) is 8.28. The summed E-state index contributed by atoms with van der Waals surface area (Å²) in [6, 6.07) is 7.56. The number of hydrogen-bond acceptors (Lipinski definition) is 8. The van der Waals surface area contributed by atoms with Crippen LogP contribution in [-0.4, -0.2) is 84.7 Å². The van der Waals surface area contributed by atoms with E-state index in [4.69, 9.17) is 9.47 Å². The minimum atomic E-state index is -1.09. The molecule has 6 unspecified atom stereocenters. The maximum Gasteiger partial charge on any atom is 0.166 e. The van der Waals surface area contributed by atoms with Gasteiger partial charge in [-0.3, -0.25) is 9.80 Å². The quantitative estimate of drug-likeness (QED) is 0.286. The summed E-state index contributed by atoms with van der Waals surface area (Å²) in [5.74, 6) is 2.77. The maximum absolute atomic E-state index is 13.5. The van der Waals surface area contributed by atoms with Crippen molar-refractivity contribution in [2.45, 2.75) is 111 Å². The third-order valence-electron chi connectivity index (χ3n) is 15.7. The van der Waals surface area contributed by atoms with Gasteiger partial charge in [0.05, 0.1) is 33.4 Å². The first-order chi connectivity index (χ1) is 23.7. The van der Waals surface area contributed by atoms with Crippen LogP contribution in [0.4, 0.5) is 0 Å². The van der Waals surface area contributed by atoms with Crippen LogP contribution >= 0.6 is 0 Å². The zero-order valence-electron chi connectivity index (χ0n) is 27.7. The van der Waals surface area contributed by atoms with Gasteiger partial charge in [-0.15, -0.1) is 0 Å². The Balaban J connectivity index is 1.03. The lowest BCUT2D eigenvalue weighted by Gasteiger charge is -2.63. The Kier molecular flexibility index (Phi) is 4.64. The fraction of sp³-hybridized carbons (Fsp3) is 0.600. The van der Waals surface area contributed by atoms with Crippen molar-refractivity contribution in [2.75, 3.05) is 26.2 Å². The van der Waals surface area contributed by atoms with Crippen molar-refractivity contribution in [3.63, 3.8) is 0 Å². The number of fused-ring (bicyclic) bond motifs is 5. The van der Waals surface area contributed by atoms with Crippen LogP contribution in [0, 0.1) is 11.8 Å². The van der Waals surface area contributed by atoms with Crippen molar-refractivity contribution in [1.82, 2.24) is 14.8 Å². The number of aromatic nitrogens is 1. The molecule has 9 heteroatoms. The number of likely N-dealkylation sites (tertiary alicyclic amines) is 2. The Hall–Kier alpha value is -3.24. The largest absolute Gasteiger partial charge is 0.504 e. The monoisotopic (exact) mass is 661 g/mol. The van der Waals surface area contributed by atoms with Crippen molar-refractivity contribution >= 4 is 0 Å². The molecule has 0 amide bonds. The van der Waals surface area contributed by atoms with E-state index in [1.54, 1.807) is 12.1 Å². The SMILES string of the molecule is Oc1ccc2c3c1OC1c4[nH]c5c(c4CC4(O)C(C2)N(CC2CC2)CC[C@]314)CC1(O)C2Cc3ccc(O)c4c3[C@@]1(CCN2CC1CC1)C5O4. The molecule has 5 heterocycles. The number of nitrogens with zero attached hydrogens (tertiary/aromatic N) is 2. The van der Waals surface area contributed by atoms with E-state index < -0.39 is 34.2 Å². The average molecular weight is 662 g/mol. The normalized spacial score (nSPS) is 41.3. The predicted molar refractivity (Wildman–Crippen MR) is 177 cm³/mol. The third kappa shape index (κ3) is 2.87. The molecule has 13 rings (SSSR count). The Morgan fingerprint density at radius 3 is 1.55 bits per heavy atom. The number of rotatable bonds is 4. The molecule has 3 aromatic rings. The first-order valence-electron chi connectivity index (χ1n) is 19.0. The highest BCUT2D eigenvalue weighted by Crippen LogP contribution is 2.72. The van der Waals surface area contributed by atoms with Crippen molar-refractivity contribution in [3.05, 3.63) is 69.0 Å². The number of ether oxygens (including phenoxy) is 2. The summed E-state index contributed by atoms with van der Waals surface area (Å²) in [5, 5.41) is 49.4. The van der Waals surface area contributed by atoms with Gasteiger partial charge in [-0.2, -0.15) is 0 Å². The topological polar surface area (TPSA) is 122 Å². The summed E-state index contributed by atoms with van der Waals surface area (Å²) < 4.78 is 13.9. The smallest absolute Gasteiger partial charge is 0.166 e. The lowest BCUT2D eigenvalue weighted by molar-refractivity contribution is -0.176. The van der Waals surface area contributed by atoms with E-state index >= 15 is 0 Å². The summed E-state index contributed by atoms with van der Waals surface area (Å²) >= 11 is 0. The number of benzene rings is 2. The molecule has 9 nitrogen and oxygen atoms in total. The lowest BCUT2D eigenvalue weighted by Crippen LogP contribution is -2.75. The standard InChI is InChI=1S/C40H43N3O6/c44-25-7-5-21-13-27-39(46)15-23-24-16-40(47)28-14-22-6-8-26(45)34-30(22)38(40,10-12-43(28)18-20-3-4-20)36(49-34)32(24)41-31(23)35-37(39,29(21)33(25)48-35)9-11-42(27)17-19-1-2-19/h5-8,19-20,27-28,35-36,41,44-47H,1-4,9-18H2/t27?,28?,35?,36?,37-,38-,39?,40?/m0/s1. The number of nitrogens with one attached hydrogen (secondary N) is 1. The number of aromatic hydroxyl groups is 2. The molecule has 10 aliphatic rings. The molecule has 4 bridgehead atoms. The number of aromatic amines is 1. The summed E-state index contributed by atoms with van der Waals surface area (Å²) in [5.41, 5.74) is 4.93. The van der Waals surface area contributed by atoms with Crippen LogP contribution < -0.4 is 9.47 Å². The van der Waals surface area contributed by atoms with Gasteiger partial charge in [0.1, 0.15) is 0 Å². The highest BCUT2D eigenvalue weighted by atomic mass is 16.5. The number of phenols is 2. The summed E-state index contributed by atoms with van der Waals surface area (Å²) in [7, 11) is 0. The molecule has 2 saturated heterocycles. The van der Waals surface area contributed by atoms with E-state index in [1.165, 1.54) is 36.8 Å². The van der Waals surface area contributed by atoms with E-state index in [1.807, 2.05) is 0 Å². The van der Waals surface area contributed by atoms with E-state index in [2.05, 4.69) is 26.9 Å². The number of piperidine rings is 2. The highest BCUT2D eigenvalue weighted by molar-refractivity contribution is 5.68. The molecule has 4 fully saturated rings. The summed E-state index contributed by atoms with van der Waals surface area (Å²) in [4.78, 5) is 9.05. The Morgan fingerprint density at radius 2 is 1.12 bits per heavy atom. The fourth-order valence-corrected chi connectivity index (χ4v) is 13.4. The van der Waals surface area contributed by atoms with Gasteiger partial charge < -0.3 is 34.9 Å². The molecule has 5 N–H and O–H groups in total. The molecule has 4 aliphatic heterocycles. The first-order valence-corrected chi connectivity index (χ1v) is 19.0. The lowest BCUT2D eigenvalue weighted by atomic mass is 9.47. The molecule has 254 valence electrons. The second-order valence-corrected chi connectivity index (χ2v) is 17.8. The zero-order chi connectivity index (χ0) is 32.4. The molecule has 0 radical (unpaired) electrons. The number of phenolic OH excluding ortho intramolecular Hbond substituents is 2. The van der Waals surface area contributed by atoms with E-state index in [0.717, 1.165) is 85.5 Å².